The number of ether oxygens (including phenoxy) is 1. The number of pyridine rings is 1. The molecule has 208 valence electrons. The number of aromatic nitrogens is 1. The number of allylic oxidation sites excluding steroid dienone is 2. The van der Waals surface area contributed by atoms with Crippen LogP contribution in [0.15, 0.2) is 47.2 Å². The van der Waals surface area contributed by atoms with E-state index in [9.17, 15) is 18.0 Å². The van der Waals surface area contributed by atoms with Crippen molar-refractivity contribution in [2.24, 2.45) is 5.10 Å². The fraction of sp³-hybridized carbons (Fsp3) is 0.483. The van der Waals surface area contributed by atoms with Crippen LogP contribution >= 0.6 is 0 Å². The van der Waals surface area contributed by atoms with Crippen molar-refractivity contribution in [1.29, 1.82) is 0 Å². The number of halogens is 3. The number of benzene rings is 1. The number of hydrazone groups is 1. The number of carbonyl (C=O) groups is 1. The highest BCUT2D eigenvalue weighted by Gasteiger charge is 2.31. The van der Waals surface area contributed by atoms with Crippen molar-refractivity contribution in [2.75, 3.05) is 25.2 Å². The summed E-state index contributed by atoms with van der Waals surface area (Å²) < 4.78 is 47.7. The highest BCUT2D eigenvalue weighted by Crippen LogP contribution is 2.32. The van der Waals surface area contributed by atoms with Crippen LogP contribution in [0.1, 0.15) is 75.9 Å². The zero-order valence-corrected chi connectivity index (χ0v) is 23.4. The van der Waals surface area contributed by atoms with Gasteiger partial charge in [0.1, 0.15) is 6.61 Å². The molecule has 9 heteroatoms. The molecule has 0 radical (unpaired) electrons. The molecule has 0 unspecified atom stereocenters. The Morgan fingerprint density at radius 2 is 1.92 bits per heavy atom. The molecule has 1 aromatic carbocycles. The van der Waals surface area contributed by atoms with E-state index in [1.165, 1.54) is 12.5 Å². The second-order valence-electron chi connectivity index (χ2n) is 9.18. The molecule has 1 aromatic heterocycles. The zero-order valence-electron chi connectivity index (χ0n) is 23.4. The number of rotatable bonds is 13. The van der Waals surface area contributed by atoms with Gasteiger partial charge in [-0.25, -0.2) is 18.2 Å². The summed E-state index contributed by atoms with van der Waals surface area (Å²) in [7, 11) is 1.78. The molecular weight excluding hydrogens is 493 g/mol. The Bertz CT molecular complexity index is 1150. The fourth-order valence-electron chi connectivity index (χ4n) is 3.73. The predicted octanol–water partition coefficient (Wildman–Crippen LogP) is 6.99. The quantitative estimate of drug-likeness (QED) is 0.206. The number of amides is 1. The van der Waals surface area contributed by atoms with Crippen LogP contribution in [-0.2, 0) is 12.3 Å². The number of carbonyl (C=O) groups excluding carboxylic acids is 1. The van der Waals surface area contributed by atoms with Crippen molar-refractivity contribution in [3.63, 3.8) is 0 Å². The number of alkyl halides is 2. The van der Waals surface area contributed by atoms with E-state index in [2.05, 4.69) is 17.0 Å². The lowest BCUT2D eigenvalue weighted by atomic mass is 10.0. The summed E-state index contributed by atoms with van der Waals surface area (Å²) in [6.07, 6.45) is 5.78. The first-order valence-corrected chi connectivity index (χ1v) is 13.0. The molecule has 1 heterocycles. The van der Waals surface area contributed by atoms with E-state index >= 15 is 0 Å². The molecule has 38 heavy (non-hydrogen) atoms. The van der Waals surface area contributed by atoms with Crippen molar-refractivity contribution in [3.8, 4) is 5.88 Å². The summed E-state index contributed by atoms with van der Waals surface area (Å²) in [5.41, 5.74) is 2.83. The van der Waals surface area contributed by atoms with Crippen LogP contribution in [0.5, 0.6) is 5.88 Å². The van der Waals surface area contributed by atoms with E-state index in [-0.39, 0.29) is 18.4 Å². The second-order valence-corrected chi connectivity index (χ2v) is 9.18. The highest BCUT2D eigenvalue weighted by atomic mass is 19.3. The third kappa shape index (κ3) is 7.82. The van der Waals surface area contributed by atoms with Gasteiger partial charge >= 0.3 is 0 Å². The maximum Gasteiger partial charge on any atom is 0.274 e. The van der Waals surface area contributed by atoms with E-state index in [1.807, 2.05) is 45.0 Å². The van der Waals surface area contributed by atoms with E-state index in [0.29, 0.717) is 17.8 Å². The molecule has 0 aliphatic carbocycles. The molecule has 2 aromatic rings. The second kappa shape index (κ2) is 14.0. The summed E-state index contributed by atoms with van der Waals surface area (Å²) in [6.45, 7) is 11.4. The minimum absolute atomic E-state index is 0.0646. The Kier molecular flexibility index (Phi) is 11.4. The first-order valence-electron chi connectivity index (χ1n) is 13.0. The molecule has 0 bridgehead atoms. The maximum absolute atomic E-state index is 14.4. The van der Waals surface area contributed by atoms with Gasteiger partial charge in [-0.1, -0.05) is 32.4 Å². The summed E-state index contributed by atoms with van der Waals surface area (Å²) >= 11 is 0. The van der Waals surface area contributed by atoms with Gasteiger partial charge in [-0.3, -0.25) is 9.80 Å². The van der Waals surface area contributed by atoms with E-state index < -0.39 is 29.8 Å². The molecule has 6 nitrogen and oxygen atoms in total. The van der Waals surface area contributed by atoms with Gasteiger partial charge in [-0.05, 0) is 63.5 Å². The van der Waals surface area contributed by atoms with Gasteiger partial charge < -0.3 is 9.64 Å². The Balaban J connectivity index is 2.26. The first-order chi connectivity index (χ1) is 18.0. The number of hydrogen-bond donors (Lipinski definition) is 0. The van der Waals surface area contributed by atoms with Crippen LogP contribution < -0.4 is 9.75 Å². The number of aryl methyl sites for hydroxylation is 1. The average molecular weight is 533 g/mol. The normalized spacial score (nSPS) is 13.1. The zero-order chi connectivity index (χ0) is 28.5. The lowest BCUT2D eigenvalue weighted by molar-refractivity contribution is -0.00909. The topological polar surface area (TPSA) is 58.0 Å². The van der Waals surface area contributed by atoms with Gasteiger partial charge in [-0.2, -0.15) is 5.10 Å². The minimum atomic E-state index is -3.17. The molecule has 0 aliphatic heterocycles. The standard InChI is InChI=1S/C29H39F3N4O2/c1-8-20(5)14-15-34-35(7)26-13-12-22(9-2)16-24(26)28(37)36(11-4)21(6)19-38-27-25(30)17-23(18-33-27)29(31,32)10-3/h12-18,21H,8-11,19H2,1-7H3/b20-14+,34-15-/t21-/m0/s1. The van der Waals surface area contributed by atoms with E-state index in [1.54, 1.807) is 30.1 Å². The Morgan fingerprint density at radius 3 is 2.50 bits per heavy atom. The van der Waals surface area contributed by atoms with Crippen molar-refractivity contribution in [1.82, 2.24) is 9.88 Å². The largest absolute Gasteiger partial charge is 0.473 e. The summed E-state index contributed by atoms with van der Waals surface area (Å²) in [5.74, 6) is -4.74. The molecule has 0 saturated heterocycles. The maximum atomic E-state index is 14.4. The van der Waals surface area contributed by atoms with Crippen molar-refractivity contribution in [3.05, 3.63) is 64.6 Å². The predicted molar refractivity (Wildman–Crippen MR) is 147 cm³/mol. The third-order valence-electron chi connectivity index (χ3n) is 6.47. The molecule has 0 aliphatic rings. The van der Waals surface area contributed by atoms with Crippen molar-refractivity contribution >= 4 is 17.8 Å². The average Bonchev–Trinajstić information content (AvgIpc) is 2.91. The summed E-state index contributed by atoms with van der Waals surface area (Å²) in [6, 6.07) is 6.00. The van der Waals surface area contributed by atoms with Gasteiger partial charge in [0.2, 0.25) is 5.88 Å². The molecule has 0 N–H and O–H groups in total. The number of anilines is 1. The van der Waals surface area contributed by atoms with Crippen LogP contribution in [0.2, 0.25) is 0 Å². The molecule has 2 rings (SSSR count). The third-order valence-corrected chi connectivity index (χ3v) is 6.47. The molecule has 0 fully saturated rings. The highest BCUT2D eigenvalue weighted by molar-refractivity contribution is 6.00. The molecule has 1 amide bonds. The molecular formula is C29H39F3N4O2. The Hall–Kier alpha value is -3.36. The minimum Gasteiger partial charge on any atom is -0.473 e. The van der Waals surface area contributed by atoms with Crippen LogP contribution in [-0.4, -0.2) is 48.2 Å². The molecule has 0 saturated carbocycles. The van der Waals surface area contributed by atoms with E-state index in [4.69, 9.17) is 4.74 Å². The number of hydrogen-bond acceptors (Lipinski definition) is 5. The smallest absolute Gasteiger partial charge is 0.274 e. The number of nitrogens with zero attached hydrogens (tertiary/aromatic N) is 4. The summed E-state index contributed by atoms with van der Waals surface area (Å²) in [5, 5.41) is 6.12. The first kappa shape index (κ1) is 30.9. The van der Waals surface area contributed by atoms with Crippen molar-refractivity contribution < 1.29 is 22.7 Å². The molecule has 1 atom stereocenters. The van der Waals surface area contributed by atoms with Gasteiger partial charge in [0.25, 0.3) is 11.8 Å². The number of likely N-dealkylation sites (N-methyl/N-ethyl adjacent to an activating group) is 1. The SMILES string of the molecule is CC/C(C)=C/C=N\N(C)c1ccc(CC)cc1C(=O)N(CC)[C@@H](C)COc1ncc(C(F)(F)CC)cc1F. The summed E-state index contributed by atoms with van der Waals surface area (Å²) in [4.78, 5) is 19.1. The lowest BCUT2D eigenvalue weighted by Crippen LogP contribution is -2.42. The van der Waals surface area contributed by atoms with Gasteiger partial charge in [-0.15, -0.1) is 0 Å². The van der Waals surface area contributed by atoms with Crippen LogP contribution in [0, 0.1) is 5.82 Å². The lowest BCUT2D eigenvalue weighted by Gasteiger charge is -2.29. The Morgan fingerprint density at radius 1 is 1.21 bits per heavy atom. The fourth-order valence-corrected chi connectivity index (χ4v) is 3.73. The Labute approximate surface area is 224 Å². The van der Waals surface area contributed by atoms with Gasteiger partial charge in [0.15, 0.2) is 5.82 Å². The van der Waals surface area contributed by atoms with Gasteiger partial charge in [0.05, 0.1) is 17.3 Å². The van der Waals surface area contributed by atoms with Crippen LogP contribution in [0.25, 0.3) is 0 Å². The monoisotopic (exact) mass is 532 g/mol. The van der Waals surface area contributed by atoms with Crippen LogP contribution in [0.4, 0.5) is 18.9 Å². The van der Waals surface area contributed by atoms with Crippen LogP contribution in [0.3, 0.4) is 0 Å². The van der Waals surface area contributed by atoms with E-state index in [0.717, 1.165) is 30.7 Å². The van der Waals surface area contributed by atoms with Crippen molar-refractivity contribution in [2.45, 2.75) is 72.8 Å². The molecule has 0 spiro atoms. The van der Waals surface area contributed by atoms with Gasteiger partial charge in [0, 0.05) is 38.0 Å².